The molecule has 0 rings (SSSR count). The number of carbonyl (C=O) groups excluding carboxylic acids is 2. The van der Waals surface area contributed by atoms with Crippen molar-refractivity contribution in [2.75, 3.05) is 6.61 Å². The van der Waals surface area contributed by atoms with Crippen LogP contribution in [0.3, 0.4) is 0 Å². The first-order chi connectivity index (χ1) is 9.51. The Labute approximate surface area is 119 Å². The molecular formula is C14H25NO5. The number of amides is 1. The fourth-order valence-corrected chi connectivity index (χ4v) is 1.83. The molecule has 0 aromatic rings. The summed E-state index contributed by atoms with van der Waals surface area (Å²) in [5.74, 6) is -1.98. The SMILES string of the molecule is CCCCCCCC(=O)CC(=O)N[C@@H](CCO)C(=O)O. The van der Waals surface area contributed by atoms with E-state index in [4.69, 9.17) is 10.2 Å². The van der Waals surface area contributed by atoms with Crippen LogP contribution < -0.4 is 5.32 Å². The van der Waals surface area contributed by atoms with Crippen molar-refractivity contribution in [2.24, 2.45) is 0 Å². The summed E-state index contributed by atoms with van der Waals surface area (Å²) >= 11 is 0. The average Bonchev–Trinajstić information content (AvgIpc) is 2.37. The Hall–Kier alpha value is -1.43. The molecule has 116 valence electrons. The monoisotopic (exact) mass is 287 g/mol. The highest BCUT2D eigenvalue weighted by atomic mass is 16.4. The van der Waals surface area contributed by atoms with Gasteiger partial charge in [0.15, 0.2) is 0 Å². The maximum Gasteiger partial charge on any atom is 0.326 e. The van der Waals surface area contributed by atoms with Crippen LogP contribution in [0, 0.1) is 0 Å². The van der Waals surface area contributed by atoms with Crippen molar-refractivity contribution in [3.63, 3.8) is 0 Å². The smallest absolute Gasteiger partial charge is 0.326 e. The third-order valence-corrected chi connectivity index (χ3v) is 2.97. The van der Waals surface area contributed by atoms with E-state index in [0.717, 1.165) is 32.1 Å². The summed E-state index contributed by atoms with van der Waals surface area (Å²) in [5, 5.41) is 19.7. The van der Waals surface area contributed by atoms with Crippen LogP contribution >= 0.6 is 0 Å². The van der Waals surface area contributed by atoms with Crippen molar-refractivity contribution in [3.8, 4) is 0 Å². The van der Waals surface area contributed by atoms with E-state index in [1.165, 1.54) is 0 Å². The highest BCUT2D eigenvalue weighted by Gasteiger charge is 2.20. The topological polar surface area (TPSA) is 104 Å². The summed E-state index contributed by atoms with van der Waals surface area (Å²) < 4.78 is 0. The molecule has 0 heterocycles. The average molecular weight is 287 g/mol. The predicted molar refractivity (Wildman–Crippen MR) is 74.3 cm³/mol. The third kappa shape index (κ3) is 9.49. The molecule has 0 saturated heterocycles. The first-order valence-electron chi connectivity index (χ1n) is 7.16. The molecule has 1 atom stereocenters. The van der Waals surface area contributed by atoms with Gasteiger partial charge in [0.1, 0.15) is 11.8 Å². The van der Waals surface area contributed by atoms with E-state index >= 15 is 0 Å². The Bertz CT molecular complexity index is 317. The van der Waals surface area contributed by atoms with Crippen LogP contribution in [0.4, 0.5) is 0 Å². The molecular weight excluding hydrogens is 262 g/mol. The molecule has 0 aliphatic carbocycles. The molecule has 0 aliphatic rings. The van der Waals surface area contributed by atoms with Crippen LogP contribution in [0.1, 0.15) is 58.3 Å². The lowest BCUT2D eigenvalue weighted by atomic mass is 10.1. The molecule has 0 bridgehead atoms. The number of aliphatic hydroxyl groups is 1. The maximum atomic E-state index is 11.5. The highest BCUT2D eigenvalue weighted by Crippen LogP contribution is 2.06. The van der Waals surface area contributed by atoms with Gasteiger partial charge in [-0.25, -0.2) is 4.79 Å². The van der Waals surface area contributed by atoms with Crippen LogP contribution in [0.5, 0.6) is 0 Å². The van der Waals surface area contributed by atoms with Crippen molar-refractivity contribution in [1.29, 1.82) is 0 Å². The molecule has 0 aromatic heterocycles. The number of hydrogen-bond donors (Lipinski definition) is 3. The number of aliphatic carboxylic acids is 1. The molecule has 0 radical (unpaired) electrons. The van der Waals surface area contributed by atoms with Gasteiger partial charge in [-0.3, -0.25) is 9.59 Å². The van der Waals surface area contributed by atoms with Gasteiger partial charge in [-0.05, 0) is 6.42 Å². The largest absolute Gasteiger partial charge is 0.480 e. The van der Waals surface area contributed by atoms with Gasteiger partial charge < -0.3 is 15.5 Å². The third-order valence-electron chi connectivity index (χ3n) is 2.97. The summed E-state index contributed by atoms with van der Waals surface area (Å²) in [6.07, 6.45) is 5.13. The van der Waals surface area contributed by atoms with Crippen molar-refractivity contribution >= 4 is 17.7 Å². The molecule has 0 fully saturated rings. The normalized spacial score (nSPS) is 11.9. The Balaban J connectivity index is 3.88. The second-order valence-electron chi connectivity index (χ2n) is 4.85. The van der Waals surface area contributed by atoms with Gasteiger partial charge in [-0.2, -0.15) is 0 Å². The van der Waals surface area contributed by atoms with Crippen LogP contribution in [0.2, 0.25) is 0 Å². The number of aliphatic hydroxyl groups excluding tert-OH is 1. The van der Waals surface area contributed by atoms with Gasteiger partial charge in [0.05, 0.1) is 6.42 Å². The minimum absolute atomic E-state index is 0.0632. The van der Waals surface area contributed by atoms with Gasteiger partial charge in [-0.1, -0.05) is 32.6 Å². The van der Waals surface area contributed by atoms with E-state index in [-0.39, 0.29) is 25.2 Å². The maximum absolute atomic E-state index is 11.5. The zero-order chi connectivity index (χ0) is 15.4. The minimum atomic E-state index is -1.21. The van der Waals surface area contributed by atoms with Crippen molar-refractivity contribution < 1.29 is 24.6 Å². The van der Waals surface area contributed by atoms with Gasteiger partial charge in [0.25, 0.3) is 0 Å². The van der Waals surface area contributed by atoms with E-state index in [0.29, 0.717) is 6.42 Å². The molecule has 0 aliphatic heterocycles. The second-order valence-corrected chi connectivity index (χ2v) is 4.85. The lowest BCUT2D eigenvalue weighted by Gasteiger charge is -2.12. The zero-order valence-electron chi connectivity index (χ0n) is 12.1. The molecule has 1 amide bonds. The number of hydrogen-bond acceptors (Lipinski definition) is 4. The van der Waals surface area contributed by atoms with Crippen LogP contribution in [0.15, 0.2) is 0 Å². The van der Waals surface area contributed by atoms with E-state index in [1.54, 1.807) is 0 Å². The van der Waals surface area contributed by atoms with E-state index in [1.807, 2.05) is 0 Å². The lowest BCUT2D eigenvalue weighted by molar-refractivity contribution is -0.143. The molecule has 6 heteroatoms. The summed E-state index contributed by atoms with van der Waals surface area (Å²) in [7, 11) is 0. The fourth-order valence-electron chi connectivity index (χ4n) is 1.83. The number of nitrogens with one attached hydrogen (secondary N) is 1. The number of ketones is 1. The Morgan fingerprint density at radius 3 is 2.30 bits per heavy atom. The number of carboxylic acids is 1. The number of Topliss-reactive ketones (excluding diaryl/α,β-unsaturated/α-hetero) is 1. The highest BCUT2D eigenvalue weighted by molar-refractivity contribution is 5.99. The first-order valence-corrected chi connectivity index (χ1v) is 7.16. The lowest BCUT2D eigenvalue weighted by Crippen LogP contribution is -2.42. The zero-order valence-corrected chi connectivity index (χ0v) is 12.1. The van der Waals surface area contributed by atoms with Gasteiger partial charge in [0, 0.05) is 19.4 Å². The summed E-state index contributed by atoms with van der Waals surface area (Å²) in [5.41, 5.74) is 0. The Morgan fingerprint density at radius 2 is 1.75 bits per heavy atom. The van der Waals surface area contributed by atoms with Gasteiger partial charge >= 0.3 is 5.97 Å². The molecule has 0 saturated carbocycles. The van der Waals surface area contributed by atoms with Crippen molar-refractivity contribution in [3.05, 3.63) is 0 Å². The number of carbonyl (C=O) groups is 3. The van der Waals surface area contributed by atoms with Crippen molar-refractivity contribution in [1.82, 2.24) is 5.32 Å². The molecule has 3 N–H and O–H groups in total. The molecule has 20 heavy (non-hydrogen) atoms. The number of unbranched alkanes of at least 4 members (excludes halogenated alkanes) is 4. The number of carboxylic acid groups (broad SMARTS) is 1. The van der Waals surface area contributed by atoms with E-state index < -0.39 is 17.9 Å². The summed E-state index contributed by atoms with van der Waals surface area (Å²) in [6, 6.07) is -1.13. The van der Waals surface area contributed by atoms with Crippen LogP contribution in [-0.2, 0) is 14.4 Å². The number of rotatable bonds is 12. The van der Waals surface area contributed by atoms with Gasteiger partial charge in [0.2, 0.25) is 5.91 Å². The predicted octanol–water partition coefficient (Wildman–Crippen LogP) is 1.26. The molecule has 6 nitrogen and oxygen atoms in total. The first kappa shape index (κ1) is 18.6. The molecule has 0 unspecified atom stereocenters. The minimum Gasteiger partial charge on any atom is -0.480 e. The van der Waals surface area contributed by atoms with E-state index in [2.05, 4.69) is 12.2 Å². The van der Waals surface area contributed by atoms with Crippen molar-refractivity contribution in [2.45, 2.75) is 64.3 Å². The van der Waals surface area contributed by atoms with E-state index in [9.17, 15) is 14.4 Å². The summed E-state index contributed by atoms with van der Waals surface area (Å²) in [6.45, 7) is 1.78. The molecule has 0 aromatic carbocycles. The summed E-state index contributed by atoms with van der Waals surface area (Å²) in [4.78, 5) is 33.8. The molecule has 0 spiro atoms. The van der Waals surface area contributed by atoms with Gasteiger partial charge in [-0.15, -0.1) is 0 Å². The second kappa shape index (κ2) is 11.4. The van der Waals surface area contributed by atoms with Crippen LogP contribution in [0.25, 0.3) is 0 Å². The standard InChI is InChI=1S/C14H25NO5/c1-2-3-4-5-6-7-11(17)10-13(18)15-12(8-9-16)14(19)20/h12,16H,2-10H2,1H3,(H,15,18)(H,19,20)/t12-/m0/s1. The fraction of sp³-hybridized carbons (Fsp3) is 0.786. The Morgan fingerprint density at radius 1 is 1.10 bits per heavy atom. The van der Waals surface area contributed by atoms with Crippen LogP contribution in [-0.4, -0.2) is 40.5 Å². The quantitative estimate of drug-likeness (QED) is 0.370. The Kier molecular flexibility index (Phi) is 10.6.